The molecule has 2 heterocycles. The molecule has 1 unspecified atom stereocenters. The summed E-state index contributed by atoms with van der Waals surface area (Å²) in [5.74, 6) is 0.000284. The van der Waals surface area contributed by atoms with Gasteiger partial charge in [-0.2, -0.15) is 0 Å². The second kappa shape index (κ2) is 6.10. The first-order chi connectivity index (χ1) is 9.75. The topological polar surface area (TPSA) is 70.7 Å². The summed E-state index contributed by atoms with van der Waals surface area (Å²) in [5.41, 5.74) is 0. The Morgan fingerprint density at radius 2 is 2.05 bits per heavy atom. The third-order valence-corrected chi connectivity index (χ3v) is 4.25. The standard InChI is InChI=1S/C14H23N3O3/c18-13(16-10-4-5-10)12-9-20-8-7-17(12)14(19)11-3-1-2-6-15-11/h10-12,15H,1-9H2,(H,16,18)/t11-,12?/m0/s1. The van der Waals surface area contributed by atoms with E-state index in [0.29, 0.717) is 25.8 Å². The third kappa shape index (κ3) is 3.12. The highest BCUT2D eigenvalue weighted by Gasteiger charge is 2.38. The van der Waals surface area contributed by atoms with Gasteiger partial charge < -0.3 is 20.3 Å². The van der Waals surface area contributed by atoms with Crippen molar-refractivity contribution < 1.29 is 14.3 Å². The van der Waals surface area contributed by atoms with Crippen molar-refractivity contribution in [3.8, 4) is 0 Å². The quantitative estimate of drug-likeness (QED) is 0.741. The molecule has 1 aliphatic carbocycles. The zero-order valence-electron chi connectivity index (χ0n) is 11.8. The van der Waals surface area contributed by atoms with E-state index in [1.165, 1.54) is 0 Å². The fraction of sp³-hybridized carbons (Fsp3) is 0.857. The normalized spacial score (nSPS) is 30.9. The Hall–Kier alpha value is -1.14. The zero-order chi connectivity index (χ0) is 13.9. The number of carbonyl (C=O) groups is 2. The minimum absolute atomic E-state index is 0.0589. The molecule has 2 N–H and O–H groups in total. The molecule has 0 spiro atoms. The van der Waals surface area contributed by atoms with E-state index in [0.717, 1.165) is 38.6 Å². The second-order valence-corrected chi connectivity index (χ2v) is 5.91. The first-order valence-corrected chi connectivity index (χ1v) is 7.67. The number of hydrogen-bond acceptors (Lipinski definition) is 4. The van der Waals surface area contributed by atoms with Gasteiger partial charge in [0.2, 0.25) is 11.8 Å². The molecule has 112 valence electrons. The van der Waals surface area contributed by atoms with Crippen LogP contribution in [0.2, 0.25) is 0 Å². The summed E-state index contributed by atoms with van der Waals surface area (Å²) in [6.07, 6.45) is 5.17. The molecular weight excluding hydrogens is 258 g/mol. The summed E-state index contributed by atoms with van der Waals surface area (Å²) in [5, 5.41) is 6.24. The first kappa shape index (κ1) is 13.8. The van der Waals surface area contributed by atoms with E-state index in [1.807, 2.05) is 0 Å². The lowest BCUT2D eigenvalue weighted by Gasteiger charge is -2.37. The maximum absolute atomic E-state index is 12.6. The van der Waals surface area contributed by atoms with Crippen LogP contribution in [-0.2, 0) is 14.3 Å². The fourth-order valence-corrected chi connectivity index (χ4v) is 2.87. The van der Waals surface area contributed by atoms with Crippen LogP contribution in [0.5, 0.6) is 0 Å². The van der Waals surface area contributed by atoms with Gasteiger partial charge in [-0.1, -0.05) is 6.42 Å². The van der Waals surface area contributed by atoms with Crippen molar-refractivity contribution in [3.63, 3.8) is 0 Å². The zero-order valence-corrected chi connectivity index (χ0v) is 11.8. The molecule has 2 amide bonds. The molecule has 20 heavy (non-hydrogen) atoms. The van der Waals surface area contributed by atoms with E-state index >= 15 is 0 Å². The number of hydrogen-bond donors (Lipinski definition) is 2. The molecule has 0 aromatic rings. The Bertz CT molecular complexity index is 378. The van der Waals surface area contributed by atoms with E-state index in [4.69, 9.17) is 4.74 Å². The Kier molecular flexibility index (Phi) is 4.21. The Labute approximate surface area is 119 Å². The maximum Gasteiger partial charge on any atom is 0.245 e. The number of ether oxygens (including phenoxy) is 1. The van der Waals surface area contributed by atoms with Gasteiger partial charge in [-0.15, -0.1) is 0 Å². The predicted octanol–water partition coefficient (Wildman–Crippen LogP) is -0.365. The summed E-state index contributed by atoms with van der Waals surface area (Å²) >= 11 is 0. The van der Waals surface area contributed by atoms with Crippen LogP contribution in [0.3, 0.4) is 0 Å². The van der Waals surface area contributed by atoms with Crippen LogP contribution in [-0.4, -0.2) is 61.1 Å². The molecule has 0 aromatic heterocycles. The number of morpholine rings is 1. The maximum atomic E-state index is 12.6. The van der Waals surface area contributed by atoms with E-state index in [-0.39, 0.29) is 17.9 Å². The van der Waals surface area contributed by atoms with E-state index in [9.17, 15) is 9.59 Å². The lowest BCUT2D eigenvalue weighted by atomic mass is 10.0. The van der Waals surface area contributed by atoms with Crippen molar-refractivity contribution in [1.29, 1.82) is 0 Å². The van der Waals surface area contributed by atoms with Crippen molar-refractivity contribution in [1.82, 2.24) is 15.5 Å². The average molecular weight is 281 g/mol. The number of carbonyl (C=O) groups excluding carboxylic acids is 2. The fourth-order valence-electron chi connectivity index (χ4n) is 2.87. The smallest absolute Gasteiger partial charge is 0.245 e. The molecule has 6 heteroatoms. The van der Waals surface area contributed by atoms with E-state index < -0.39 is 6.04 Å². The molecule has 1 saturated carbocycles. The average Bonchev–Trinajstić information content (AvgIpc) is 3.31. The summed E-state index contributed by atoms with van der Waals surface area (Å²) in [7, 11) is 0. The van der Waals surface area contributed by atoms with Crippen molar-refractivity contribution >= 4 is 11.8 Å². The highest BCUT2D eigenvalue weighted by molar-refractivity contribution is 5.90. The van der Waals surface area contributed by atoms with Crippen LogP contribution in [0.4, 0.5) is 0 Å². The number of nitrogens with zero attached hydrogens (tertiary/aromatic N) is 1. The Balaban J connectivity index is 1.63. The predicted molar refractivity (Wildman–Crippen MR) is 73.1 cm³/mol. The molecule has 0 radical (unpaired) electrons. The van der Waals surface area contributed by atoms with Gasteiger partial charge >= 0.3 is 0 Å². The lowest BCUT2D eigenvalue weighted by molar-refractivity contribution is -0.150. The SMILES string of the molecule is O=C(NC1CC1)C1COCCN1C(=O)[C@@H]1CCCCN1. The van der Waals surface area contributed by atoms with Crippen LogP contribution in [0, 0.1) is 0 Å². The van der Waals surface area contributed by atoms with Gasteiger partial charge in [-0.25, -0.2) is 0 Å². The second-order valence-electron chi connectivity index (χ2n) is 5.91. The molecule has 2 saturated heterocycles. The van der Waals surface area contributed by atoms with E-state index in [2.05, 4.69) is 10.6 Å². The molecular formula is C14H23N3O3. The van der Waals surface area contributed by atoms with Crippen LogP contribution in [0.1, 0.15) is 32.1 Å². The number of nitrogens with one attached hydrogen (secondary N) is 2. The van der Waals surface area contributed by atoms with Crippen molar-refractivity contribution in [2.75, 3.05) is 26.3 Å². The van der Waals surface area contributed by atoms with Crippen molar-refractivity contribution in [2.24, 2.45) is 0 Å². The molecule has 6 nitrogen and oxygen atoms in total. The summed E-state index contributed by atoms with van der Waals surface area (Å²) < 4.78 is 5.40. The minimum atomic E-state index is -0.458. The summed E-state index contributed by atoms with van der Waals surface area (Å²) in [6, 6.07) is -0.271. The summed E-state index contributed by atoms with van der Waals surface area (Å²) in [6.45, 7) is 2.24. The Morgan fingerprint density at radius 3 is 2.75 bits per heavy atom. The van der Waals surface area contributed by atoms with Crippen LogP contribution >= 0.6 is 0 Å². The minimum Gasteiger partial charge on any atom is -0.377 e. The highest BCUT2D eigenvalue weighted by Crippen LogP contribution is 2.20. The first-order valence-electron chi connectivity index (χ1n) is 7.67. The van der Waals surface area contributed by atoms with E-state index in [1.54, 1.807) is 4.90 Å². The molecule has 0 bridgehead atoms. The third-order valence-electron chi connectivity index (χ3n) is 4.25. The van der Waals surface area contributed by atoms with Gasteiger partial charge in [-0.3, -0.25) is 9.59 Å². The van der Waals surface area contributed by atoms with Crippen LogP contribution in [0.15, 0.2) is 0 Å². The van der Waals surface area contributed by atoms with Gasteiger partial charge in [0.15, 0.2) is 0 Å². The number of piperidine rings is 1. The molecule has 3 aliphatic rings. The highest BCUT2D eigenvalue weighted by atomic mass is 16.5. The molecule has 3 fully saturated rings. The van der Waals surface area contributed by atoms with Crippen molar-refractivity contribution in [3.05, 3.63) is 0 Å². The van der Waals surface area contributed by atoms with Gasteiger partial charge in [0, 0.05) is 12.6 Å². The molecule has 0 aromatic carbocycles. The van der Waals surface area contributed by atoms with Gasteiger partial charge in [0.1, 0.15) is 6.04 Å². The van der Waals surface area contributed by atoms with Crippen LogP contribution < -0.4 is 10.6 Å². The number of rotatable bonds is 3. The molecule has 3 rings (SSSR count). The monoisotopic (exact) mass is 281 g/mol. The lowest BCUT2D eigenvalue weighted by Crippen LogP contribution is -2.60. The largest absolute Gasteiger partial charge is 0.377 e. The Morgan fingerprint density at radius 1 is 1.20 bits per heavy atom. The van der Waals surface area contributed by atoms with Crippen molar-refractivity contribution in [2.45, 2.75) is 50.2 Å². The van der Waals surface area contributed by atoms with Crippen LogP contribution in [0.25, 0.3) is 0 Å². The molecule has 2 atom stereocenters. The van der Waals surface area contributed by atoms with Gasteiger partial charge in [0.05, 0.1) is 19.3 Å². The molecule has 2 aliphatic heterocycles. The number of amides is 2. The summed E-state index contributed by atoms with van der Waals surface area (Å²) in [4.78, 5) is 26.6. The van der Waals surface area contributed by atoms with Gasteiger partial charge in [-0.05, 0) is 32.2 Å². The van der Waals surface area contributed by atoms with Gasteiger partial charge in [0.25, 0.3) is 0 Å².